The molecule has 0 fully saturated rings. The predicted molar refractivity (Wildman–Crippen MR) is 86.5 cm³/mol. The molecular formula is C17H15N5. The predicted octanol–water partition coefficient (Wildman–Crippen LogP) is 3.69. The van der Waals surface area contributed by atoms with Gasteiger partial charge in [-0.05, 0) is 24.1 Å². The van der Waals surface area contributed by atoms with E-state index in [-0.39, 0.29) is 0 Å². The van der Waals surface area contributed by atoms with E-state index in [1.54, 1.807) is 12.4 Å². The van der Waals surface area contributed by atoms with E-state index in [1.165, 1.54) is 0 Å². The van der Waals surface area contributed by atoms with Gasteiger partial charge < -0.3 is 4.98 Å². The van der Waals surface area contributed by atoms with Crippen LogP contribution in [0.2, 0.25) is 0 Å². The van der Waals surface area contributed by atoms with E-state index < -0.39 is 0 Å². The third kappa shape index (κ3) is 1.94. The first-order chi connectivity index (χ1) is 10.7. The van der Waals surface area contributed by atoms with Gasteiger partial charge in [0.05, 0.1) is 17.4 Å². The Morgan fingerprint density at radius 3 is 2.77 bits per heavy atom. The van der Waals surface area contributed by atoms with Gasteiger partial charge in [0, 0.05) is 34.9 Å². The molecule has 0 aliphatic rings. The molecule has 0 spiro atoms. The first-order valence-corrected chi connectivity index (χ1v) is 7.28. The molecule has 0 radical (unpaired) electrons. The lowest BCUT2D eigenvalue weighted by atomic mass is 10.0. The molecule has 4 aromatic rings. The first-order valence-electron chi connectivity index (χ1n) is 7.28. The van der Waals surface area contributed by atoms with E-state index in [0.717, 1.165) is 33.2 Å². The lowest BCUT2D eigenvalue weighted by Crippen LogP contribution is -1.99. The van der Waals surface area contributed by atoms with Crippen LogP contribution in [0, 0.1) is 0 Å². The van der Waals surface area contributed by atoms with Crippen molar-refractivity contribution >= 4 is 21.9 Å². The van der Waals surface area contributed by atoms with Gasteiger partial charge in [0.25, 0.3) is 0 Å². The number of rotatable bonds is 2. The van der Waals surface area contributed by atoms with Crippen molar-refractivity contribution in [1.29, 1.82) is 0 Å². The van der Waals surface area contributed by atoms with Crippen molar-refractivity contribution < 1.29 is 0 Å². The largest absolute Gasteiger partial charge is 0.338 e. The average Bonchev–Trinajstić information content (AvgIpc) is 2.92. The van der Waals surface area contributed by atoms with Crippen LogP contribution in [-0.4, -0.2) is 24.9 Å². The smallest absolute Gasteiger partial charge is 0.163 e. The zero-order valence-corrected chi connectivity index (χ0v) is 12.4. The molecule has 0 amide bonds. The SMILES string of the molecule is CC(C)c1ncccc1-c1ncc2c(n1)[nH]c1cnccc12. The highest BCUT2D eigenvalue weighted by Crippen LogP contribution is 2.28. The molecule has 0 saturated carbocycles. The molecule has 4 aromatic heterocycles. The molecule has 4 rings (SSSR count). The molecular weight excluding hydrogens is 274 g/mol. The summed E-state index contributed by atoms with van der Waals surface area (Å²) >= 11 is 0. The lowest BCUT2D eigenvalue weighted by Gasteiger charge is -2.09. The summed E-state index contributed by atoms with van der Waals surface area (Å²) in [5.41, 5.74) is 3.79. The molecule has 5 heteroatoms. The molecule has 0 saturated heterocycles. The maximum Gasteiger partial charge on any atom is 0.163 e. The molecule has 0 aromatic carbocycles. The Morgan fingerprint density at radius 1 is 1.00 bits per heavy atom. The van der Waals surface area contributed by atoms with Gasteiger partial charge in [0.1, 0.15) is 5.65 Å². The molecule has 0 bridgehead atoms. The summed E-state index contributed by atoms with van der Waals surface area (Å²) in [5.74, 6) is 1.02. The van der Waals surface area contributed by atoms with Crippen molar-refractivity contribution in [3.63, 3.8) is 0 Å². The number of aromatic nitrogens is 5. The van der Waals surface area contributed by atoms with Gasteiger partial charge in [-0.25, -0.2) is 9.97 Å². The molecule has 0 unspecified atom stereocenters. The van der Waals surface area contributed by atoms with Crippen molar-refractivity contribution in [1.82, 2.24) is 24.9 Å². The van der Waals surface area contributed by atoms with E-state index in [1.807, 2.05) is 30.6 Å². The number of hydrogen-bond acceptors (Lipinski definition) is 4. The Bertz CT molecular complexity index is 971. The normalized spacial score (nSPS) is 11.6. The van der Waals surface area contributed by atoms with Crippen molar-refractivity contribution in [3.05, 3.63) is 48.7 Å². The number of hydrogen-bond donors (Lipinski definition) is 1. The van der Waals surface area contributed by atoms with Crippen LogP contribution in [0.3, 0.4) is 0 Å². The first kappa shape index (κ1) is 12.9. The van der Waals surface area contributed by atoms with Crippen molar-refractivity contribution in [2.45, 2.75) is 19.8 Å². The third-order valence-corrected chi connectivity index (χ3v) is 3.78. The Balaban J connectivity index is 1.95. The van der Waals surface area contributed by atoms with Crippen LogP contribution in [0.5, 0.6) is 0 Å². The van der Waals surface area contributed by atoms with E-state index >= 15 is 0 Å². The standard InChI is InChI=1S/C17H15N5/c1-10(2)15-12(4-3-6-19-15)16-20-8-13-11-5-7-18-9-14(11)21-17(13)22-16/h3-10H,1-2H3,(H,20,21,22). The fourth-order valence-electron chi connectivity index (χ4n) is 2.73. The summed E-state index contributed by atoms with van der Waals surface area (Å²) in [5, 5.41) is 2.10. The van der Waals surface area contributed by atoms with Crippen LogP contribution >= 0.6 is 0 Å². The number of H-pyrrole nitrogens is 1. The van der Waals surface area contributed by atoms with Gasteiger partial charge in [-0.15, -0.1) is 0 Å². The molecule has 108 valence electrons. The molecule has 0 aliphatic heterocycles. The van der Waals surface area contributed by atoms with Crippen LogP contribution in [0.25, 0.3) is 33.3 Å². The summed E-state index contributed by atoms with van der Waals surface area (Å²) < 4.78 is 0. The molecule has 1 N–H and O–H groups in total. The molecule has 4 heterocycles. The van der Waals surface area contributed by atoms with E-state index in [9.17, 15) is 0 Å². The fraction of sp³-hybridized carbons (Fsp3) is 0.176. The quantitative estimate of drug-likeness (QED) is 0.611. The Kier molecular flexibility index (Phi) is 2.85. The summed E-state index contributed by atoms with van der Waals surface area (Å²) in [6.07, 6.45) is 7.27. The van der Waals surface area contributed by atoms with Crippen LogP contribution in [0.15, 0.2) is 43.0 Å². The van der Waals surface area contributed by atoms with Gasteiger partial charge >= 0.3 is 0 Å². The maximum absolute atomic E-state index is 4.69. The minimum Gasteiger partial charge on any atom is -0.338 e. The highest BCUT2D eigenvalue weighted by Gasteiger charge is 2.13. The summed E-state index contributed by atoms with van der Waals surface area (Å²) in [7, 11) is 0. The number of nitrogens with one attached hydrogen (secondary N) is 1. The zero-order chi connectivity index (χ0) is 15.1. The van der Waals surface area contributed by atoms with E-state index in [2.05, 4.69) is 33.8 Å². The Labute approximate surface area is 127 Å². The monoisotopic (exact) mass is 289 g/mol. The van der Waals surface area contributed by atoms with Gasteiger partial charge in [-0.1, -0.05) is 13.8 Å². The second-order valence-electron chi connectivity index (χ2n) is 5.59. The van der Waals surface area contributed by atoms with Crippen LogP contribution in [0.1, 0.15) is 25.5 Å². The van der Waals surface area contributed by atoms with Gasteiger partial charge in [0.2, 0.25) is 0 Å². The summed E-state index contributed by atoms with van der Waals surface area (Å²) in [6.45, 7) is 4.25. The Morgan fingerprint density at radius 2 is 1.91 bits per heavy atom. The van der Waals surface area contributed by atoms with Crippen LogP contribution in [-0.2, 0) is 0 Å². The fourth-order valence-corrected chi connectivity index (χ4v) is 2.73. The topological polar surface area (TPSA) is 67.3 Å². The number of fused-ring (bicyclic) bond motifs is 3. The summed E-state index contributed by atoms with van der Waals surface area (Å²) in [6, 6.07) is 5.92. The minimum absolute atomic E-state index is 0.322. The highest BCUT2D eigenvalue weighted by molar-refractivity contribution is 6.05. The molecule has 0 aliphatic carbocycles. The van der Waals surface area contributed by atoms with Crippen molar-refractivity contribution in [2.24, 2.45) is 0 Å². The minimum atomic E-state index is 0.322. The number of aromatic amines is 1. The van der Waals surface area contributed by atoms with Gasteiger partial charge in [-0.3, -0.25) is 9.97 Å². The second kappa shape index (κ2) is 4.87. The number of pyridine rings is 2. The number of nitrogens with zero attached hydrogens (tertiary/aromatic N) is 4. The average molecular weight is 289 g/mol. The Hall–Kier alpha value is -2.82. The van der Waals surface area contributed by atoms with Gasteiger partial charge in [0.15, 0.2) is 5.82 Å². The summed E-state index contributed by atoms with van der Waals surface area (Å²) in [4.78, 5) is 21.2. The maximum atomic E-state index is 4.69. The van der Waals surface area contributed by atoms with Crippen molar-refractivity contribution in [2.75, 3.05) is 0 Å². The zero-order valence-electron chi connectivity index (χ0n) is 12.4. The molecule has 5 nitrogen and oxygen atoms in total. The van der Waals surface area contributed by atoms with E-state index in [4.69, 9.17) is 4.98 Å². The van der Waals surface area contributed by atoms with Crippen LogP contribution in [0.4, 0.5) is 0 Å². The second-order valence-corrected chi connectivity index (χ2v) is 5.59. The van der Waals surface area contributed by atoms with Crippen LogP contribution < -0.4 is 0 Å². The van der Waals surface area contributed by atoms with Gasteiger partial charge in [-0.2, -0.15) is 0 Å². The molecule has 0 atom stereocenters. The molecule has 22 heavy (non-hydrogen) atoms. The van der Waals surface area contributed by atoms with Crippen molar-refractivity contribution in [3.8, 4) is 11.4 Å². The third-order valence-electron chi connectivity index (χ3n) is 3.78. The highest BCUT2D eigenvalue weighted by atomic mass is 15.0. The van der Waals surface area contributed by atoms with E-state index in [0.29, 0.717) is 11.7 Å². The lowest BCUT2D eigenvalue weighted by molar-refractivity contribution is 0.823.